The predicted molar refractivity (Wildman–Crippen MR) is 105 cm³/mol. The minimum absolute atomic E-state index is 0.105. The fourth-order valence-corrected chi connectivity index (χ4v) is 3.88. The standard InChI is InChI=1S/C17H18Cl2N2O5S/c1-17(2,3)21-16(24)20-10(22)7-26-15(23)14-11(18)8-5-6-9(25-4)12(19)13(8)27-14/h5-6H,7H2,1-4H3,(H2,20,21,22,24). The molecule has 0 spiro atoms. The number of urea groups is 1. The van der Waals surface area contributed by atoms with Gasteiger partial charge in [-0.15, -0.1) is 11.3 Å². The molecule has 0 unspecified atom stereocenters. The molecule has 0 bridgehead atoms. The molecule has 0 aliphatic heterocycles. The number of carbonyl (C=O) groups excluding carboxylic acids is 3. The third-order valence-electron chi connectivity index (χ3n) is 3.18. The number of thiophene rings is 1. The molecular weight excluding hydrogens is 415 g/mol. The maximum Gasteiger partial charge on any atom is 0.350 e. The van der Waals surface area contributed by atoms with E-state index >= 15 is 0 Å². The van der Waals surface area contributed by atoms with Crippen LogP contribution in [0.1, 0.15) is 30.4 Å². The molecule has 2 rings (SSSR count). The third-order valence-corrected chi connectivity index (χ3v) is 5.38. The van der Waals surface area contributed by atoms with Crippen LogP contribution in [0.25, 0.3) is 10.1 Å². The van der Waals surface area contributed by atoms with Crippen LogP contribution in [-0.2, 0) is 9.53 Å². The summed E-state index contributed by atoms with van der Waals surface area (Å²) < 4.78 is 10.7. The van der Waals surface area contributed by atoms with Crippen LogP contribution in [0.3, 0.4) is 0 Å². The predicted octanol–water partition coefficient (Wildman–Crippen LogP) is 4.00. The van der Waals surface area contributed by atoms with Crippen molar-refractivity contribution >= 4 is 62.5 Å². The SMILES string of the molecule is COc1ccc2c(Cl)c(C(=O)OCC(=O)NC(=O)NC(C)(C)C)sc2c1Cl. The van der Waals surface area contributed by atoms with Crippen molar-refractivity contribution in [3.05, 3.63) is 27.1 Å². The molecule has 1 aromatic carbocycles. The normalized spacial score (nSPS) is 11.2. The van der Waals surface area contributed by atoms with Gasteiger partial charge in [-0.25, -0.2) is 9.59 Å². The Balaban J connectivity index is 2.06. The van der Waals surface area contributed by atoms with E-state index in [-0.39, 0.29) is 9.90 Å². The quantitative estimate of drug-likeness (QED) is 0.711. The minimum atomic E-state index is -0.789. The molecule has 0 fully saturated rings. The molecule has 0 saturated heterocycles. The van der Waals surface area contributed by atoms with Gasteiger partial charge in [-0.05, 0) is 32.9 Å². The molecule has 7 nitrogen and oxygen atoms in total. The molecule has 146 valence electrons. The van der Waals surface area contributed by atoms with Gasteiger partial charge in [-0.3, -0.25) is 10.1 Å². The van der Waals surface area contributed by atoms with E-state index < -0.39 is 30.1 Å². The number of ether oxygens (including phenoxy) is 2. The van der Waals surface area contributed by atoms with E-state index in [0.29, 0.717) is 20.9 Å². The van der Waals surface area contributed by atoms with Crippen LogP contribution in [0, 0.1) is 0 Å². The fraction of sp³-hybridized carbons (Fsp3) is 0.353. The Morgan fingerprint density at radius 2 is 1.81 bits per heavy atom. The summed E-state index contributed by atoms with van der Waals surface area (Å²) >= 11 is 13.5. The number of hydrogen-bond donors (Lipinski definition) is 2. The van der Waals surface area contributed by atoms with Crippen LogP contribution < -0.4 is 15.4 Å². The monoisotopic (exact) mass is 432 g/mol. The summed E-state index contributed by atoms with van der Waals surface area (Å²) in [4.78, 5) is 35.8. The summed E-state index contributed by atoms with van der Waals surface area (Å²) in [6, 6.07) is 2.64. The van der Waals surface area contributed by atoms with Crippen molar-refractivity contribution in [2.75, 3.05) is 13.7 Å². The van der Waals surface area contributed by atoms with Gasteiger partial charge in [0.15, 0.2) is 6.61 Å². The van der Waals surface area contributed by atoms with Gasteiger partial charge in [0.1, 0.15) is 15.6 Å². The molecule has 0 radical (unpaired) electrons. The second kappa shape index (κ2) is 8.33. The highest BCUT2D eigenvalue weighted by molar-refractivity contribution is 7.22. The summed E-state index contributed by atoms with van der Waals surface area (Å²) in [6.07, 6.45) is 0. The molecule has 0 saturated carbocycles. The molecule has 3 amide bonds. The van der Waals surface area contributed by atoms with Crippen molar-refractivity contribution < 1.29 is 23.9 Å². The first-order valence-corrected chi connectivity index (χ1v) is 9.34. The number of hydrogen-bond acceptors (Lipinski definition) is 6. The lowest BCUT2D eigenvalue weighted by Crippen LogP contribution is -2.49. The Kier molecular flexibility index (Phi) is 6.56. The maximum atomic E-state index is 12.3. The maximum absolute atomic E-state index is 12.3. The fourth-order valence-electron chi connectivity index (χ4n) is 2.10. The Hall–Kier alpha value is -2.03. The zero-order valence-corrected chi connectivity index (χ0v) is 17.4. The molecule has 2 aromatic rings. The molecule has 0 atom stereocenters. The highest BCUT2D eigenvalue weighted by atomic mass is 35.5. The lowest BCUT2D eigenvalue weighted by atomic mass is 10.1. The summed E-state index contributed by atoms with van der Waals surface area (Å²) in [5, 5.41) is 5.72. The summed E-state index contributed by atoms with van der Waals surface area (Å²) in [7, 11) is 1.48. The first kappa shape index (κ1) is 21.3. The highest BCUT2D eigenvalue weighted by Gasteiger charge is 2.23. The second-order valence-corrected chi connectivity index (χ2v) is 8.31. The molecule has 1 aromatic heterocycles. The van der Waals surface area contributed by atoms with E-state index in [2.05, 4.69) is 10.6 Å². The van der Waals surface area contributed by atoms with Crippen molar-refractivity contribution in [2.24, 2.45) is 0 Å². The van der Waals surface area contributed by atoms with Gasteiger partial charge in [0, 0.05) is 10.9 Å². The lowest BCUT2D eigenvalue weighted by molar-refractivity contribution is -0.123. The number of carbonyl (C=O) groups is 3. The molecule has 10 heteroatoms. The number of rotatable bonds is 4. The Labute approximate surface area is 169 Å². The van der Waals surface area contributed by atoms with E-state index in [1.807, 2.05) is 0 Å². The van der Waals surface area contributed by atoms with Crippen LogP contribution in [0.5, 0.6) is 5.75 Å². The number of fused-ring (bicyclic) bond motifs is 1. The van der Waals surface area contributed by atoms with Gasteiger partial charge in [-0.1, -0.05) is 23.2 Å². The Morgan fingerprint density at radius 3 is 2.41 bits per heavy atom. The first-order valence-electron chi connectivity index (χ1n) is 7.77. The number of esters is 1. The first-order chi connectivity index (χ1) is 12.5. The van der Waals surface area contributed by atoms with E-state index in [4.69, 9.17) is 32.7 Å². The molecule has 2 N–H and O–H groups in total. The van der Waals surface area contributed by atoms with Crippen LogP contribution >= 0.6 is 34.5 Å². The van der Waals surface area contributed by atoms with Crippen LogP contribution in [0.4, 0.5) is 4.79 Å². The number of benzene rings is 1. The van der Waals surface area contributed by atoms with Crippen LogP contribution in [-0.4, -0.2) is 37.2 Å². The Bertz CT molecular complexity index is 905. The number of nitrogens with one attached hydrogen (secondary N) is 2. The van der Waals surface area contributed by atoms with Gasteiger partial charge in [0.25, 0.3) is 5.91 Å². The van der Waals surface area contributed by atoms with E-state index in [0.717, 1.165) is 11.3 Å². The van der Waals surface area contributed by atoms with E-state index in [1.165, 1.54) is 7.11 Å². The molecular formula is C17H18Cl2N2O5S. The van der Waals surface area contributed by atoms with Crippen molar-refractivity contribution in [2.45, 2.75) is 26.3 Å². The van der Waals surface area contributed by atoms with Gasteiger partial charge in [0.05, 0.1) is 16.8 Å². The Morgan fingerprint density at radius 1 is 1.15 bits per heavy atom. The minimum Gasteiger partial charge on any atom is -0.495 e. The molecule has 0 aliphatic rings. The van der Waals surface area contributed by atoms with Gasteiger partial charge in [0.2, 0.25) is 0 Å². The zero-order chi connectivity index (χ0) is 20.4. The number of methoxy groups -OCH3 is 1. The highest BCUT2D eigenvalue weighted by Crippen LogP contribution is 2.43. The van der Waals surface area contributed by atoms with Crippen molar-refractivity contribution in [1.29, 1.82) is 0 Å². The van der Waals surface area contributed by atoms with Gasteiger partial charge < -0.3 is 14.8 Å². The van der Waals surface area contributed by atoms with Crippen molar-refractivity contribution in [3.63, 3.8) is 0 Å². The number of imide groups is 1. The summed E-state index contributed by atoms with van der Waals surface area (Å²) in [5.41, 5.74) is -0.508. The number of amides is 3. The topological polar surface area (TPSA) is 93.7 Å². The smallest absolute Gasteiger partial charge is 0.350 e. The number of halogens is 2. The van der Waals surface area contributed by atoms with Crippen LogP contribution in [0.2, 0.25) is 10.0 Å². The third kappa shape index (κ3) is 5.24. The van der Waals surface area contributed by atoms with Gasteiger partial charge in [-0.2, -0.15) is 0 Å². The molecule has 1 heterocycles. The molecule has 27 heavy (non-hydrogen) atoms. The average molecular weight is 433 g/mol. The lowest BCUT2D eigenvalue weighted by Gasteiger charge is -2.20. The van der Waals surface area contributed by atoms with E-state index in [1.54, 1.807) is 32.9 Å². The van der Waals surface area contributed by atoms with Crippen molar-refractivity contribution in [3.8, 4) is 5.75 Å². The van der Waals surface area contributed by atoms with Gasteiger partial charge >= 0.3 is 12.0 Å². The van der Waals surface area contributed by atoms with Crippen molar-refractivity contribution in [1.82, 2.24) is 10.6 Å². The second-order valence-electron chi connectivity index (χ2n) is 6.53. The average Bonchev–Trinajstić information content (AvgIpc) is 2.89. The molecule has 0 aliphatic carbocycles. The van der Waals surface area contributed by atoms with Crippen LogP contribution in [0.15, 0.2) is 12.1 Å². The van der Waals surface area contributed by atoms with E-state index in [9.17, 15) is 14.4 Å². The zero-order valence-electron chi connectivity index (χ0n) is 15.1. The summed E-state index contributed by atoms with van der Waals surface area (Å²) in [5.74, 6) is -1.10. The summed E-state index contributed by atoms with van der Waals surface area (Å²) in [6.45, 7) is 4.67. The largest absolute Gasteiger partial charge is 0.495 e.